The van der Waals surface area contributed by atoms with E-state index in [4.69, 9.17) is 16.6 Å². The Morgan fingerprint density at radius 1 is 1.19 bits per heavy atom. The third-order valence-corrected chi connectivity index (χ3v) is 6.13. The highest BCUT2D eigenvalue weighted by Gasteiger charge is 2.16. The van der Waals surface area contributed by atoms with Gasteiger partial charge in [-0.3, -0.25) is 10.1 Å². The number of furan rings is 1. The summed E-state index contributed by atoms with van der Waals surface area (Å²) in [5.41, 5.74) is 3.32. The standard InChI is InChI=1S/C22H18N6O2S2/c1-3-18-25-26-22-28(18)27-20(32-22)14-9-8-12(2)15(10-14)23-21(31)24-19(29)17-11-13-6-4-5-7-16(13)30-17/h4-11H,3H2,1-2H3,(H2,23,24,29,31). The second-order valence-corrected chi connectivity index (χ2v) is 8.52. The van der Waals surface area contributed by atoms with Crippen LogP contribution in [0.2, 0.25) is 0 Å². The van der Waals surface area contributed by atoms with Crippen LogP contribution < -0.4 is 10.6 Å². The highest BCUT2D eigenvalue weighted by Crippen LogP contribution is 2.29. The molecular weight excluding hydrogens is 444 g/mol. The molecule has 3 heterocycles. The molecule has 0 saturated heterocycles. The van der Waals surface area contributed by atoms with Crippen molar-refractivity contribution >= 4 is 56.2 Å². The number of hydrogen-bond donors (Lipinski definition) is 2. The Bertz CT molecular complexity index is 1450. The zero-order valence-electron chi connectivity index (χ0n) is 17.2. The van der Waals surface area contributed by atoms with Gasteiger partial charge in [0.15, 0.2) is 16.7 Å². The number of aromatic nitrogens is 4. The number of nitrogens with zero attached hydrogens (tertiary/aromatic N) is 4. The number of carbonyl (C=O) groups excluding carboxylic acids is 1. The third kappa shape index (κ3) is 3.74. The number of rotatable bonds is 4. The molecule has 8 nitrogen and oxygen atoms in total. The average molecular weight is 463 g/mol. The molecule has 32 heavy (non-hydrogen) atoms. The lowest BCUT2D eigenvalue weighted by Crippen LogP contribution is -2.34. The molecule has 10 heteroatoms. The number of hydrogen-bond acceptors (Lipinski definition) is 7. The van der Waals surface area contributed by atoms with E-state index in [-0.39, 0.29) is 10.9 Å². The molecule has 0 aliphatic rings. The summed E-state index contributed by atoms with van der Waals surface area (Å²) in [5.74, 6) is 0.614. The normalized spacial score (nSPS) is 11.2. The van der Waals surface area contributed by atoms with Gasteiger partial charge in [0.1, 0.15) is 10.6 Å². The van der Waals surface area contributed by atoms with Crippen LogP contribution in [0.4, 0.5) is 5.69 Å². The number of aryl methyl sites for hydroxylation is 2. The van der Waals surface area contributed by atoms with Crippen LogP contribution in [0.1, 0.15) is 28.9 Å². The minimum atomic E-state index is -0.409. The molecule has 3 aromatic heterocycles. The fourth-order valence-corrected chi connectivity index (χ4v) is 4.35. The maximum absolute atomic E-state index is 12.6. The van der Waals surface area contributed by atoms with Crippen molar-refractivity contribution in [2.75, 3.05) is 5.32 Å². The van der Waals surface area contributed by atoms with Gasteiger partial charge in [0, 0.05) is 23.1 Å². The van der Waals surface area contributed by atoms with Gasteiger partial charge in [-0.05, 0) is 42.9 Å². The van der Waals surface area contributed by atoms with E-state index in [0.717, 1.165) is 44.4 Å². The van der Waals surface area contributed by atoms with E-state index < -0.39 is 5.91 Å². The number of nitrogens with one attached hydrogen (secondary N) is 2. The lowest BCUT2D eigenvalue weighted by atomic mass is 10.1. The average Bonchev–Trinajstić information content (AvgIpc) is 3.48. The maximum atomic E-state index is 12.6. The zero-order chi connectivity index (χ0) is 22.2. The van der Waals surface area contributed by atoms with Crippen LogP contribution in [-0.4, -0.2) is 30.8 Å². The SMILES string of the molecule is CCc1nnc2sc(-c3ccc(C)c(NC(=S)NC(=O)c4cc5ccccc5o4)c3)nn12. The molecule has 0 aliphatic heterocycles. The van der Waals surface area contributed by atoms with Gasteiger partial charge in [0.25, 0.3) is 5.91 Å². The van der Waals surface area contributed by atoms with Crippen molar-refractivity contribution in [3.8, 4) is 10.6 Å². The van der Waals surface area contributed by atoms with E-state index in [1.54, 1.807) is 10.6 Å². The Hall–Kier alpha value is -3.63. The van der Waals surface area contributed by atoms with E-state index in [9.17, 15) is 4.79 Å². The van der Waals surface area contributed by atoms with Gasteiger partial charge in [-0.25, -0.2) is 0 Å². The monoisotopic (exact) mass is 462 g/mol. The van der Waals surface area contributed by atoms with Gasteiger partial charge in [0.2, 0.25) is 4.96 Å². The summed E-state index contributed by atoms with van der Waals surface area (Å²) < 4.78 is 7.37. The molecule has 0 fully saturated rings. The molecule has 0 bridgehead atoms. The van der Waals surface area contributed by atoms with Crippen LogP contribution in [0.5, 0.6) is 0 Å². The second-order valence-electron chi connectivity index (χ2n) is 7.16. The molecule has 0 radical (unpaired) electrons. The summed E-state index contributed by atoms with van der Waals surface area (Å²) in [4.78, 5) is 13.3. The molecule has 0 aliphatic carbocycles. The van der Waals surface area contributed by atoms with Crippen molar-refractivity contribution in [2.24, 2.45) is 0 Å². The molecule has 5 rings (SSSR count). The predicted molar refractivity (Wildman–Crippen MR) is 128 cm³/mol. The van der Waals surface area contributed by atoms with Crippen LogP contribution in [0.15, 0.2) is 52.9 Å². The van der Waals surface area contributed by atoms with Gasteiger partial charge >= 0.3 is 0 Å². The van der Waals surface area contributed by atoms with Crippen molar-refractivity contribution < 1.29 is 9.21 Å². The maximum Gasteiger partial charge on any atom is 0.293 e. The van der Waals surface area contributed by atoms with E-state index in [1.807, 2.05) is 56.3 Å². The van der Waals surface area contributed by atoms with E-state index in [0.29, 0.717) is 5.58 Å². The predicted octanol–water partition coefficient (Wildman–Crippen LogP) is 4.60. The van der Waals surface area contributed by atoms with Crippen LogP contribution in [0.25, 0.3) is 26.5 Å². The molecule has 0 spiro atoms. The number of amides is 1. The molecule has 0 unspecified atom stereocenters. The number of para-hydroxylation sites is 1. The summed E-state index contributed by atoms with van der Waals surface area (Å²) in [6.07, 6.45) is 0.754. The van der Waals surface area contributed by atoms with Crippen molar-refractivity contribution in [3.05, 3.63) is 65.7 Å². The Balaban J connectivity index is 1.34. The number of benzene rings is 2. The summed E-state index contributed by atoms with van der Waals surface area (Å²) in [7, 11) is 0. The number of thiocarbonyl (C=S) groups is 1. The molecule has 2 aromatic carbocycles. The second kappa shape index (κ2) is 8.13. The Kier molecular flexibility index (Phi) is 5.16. The Morgan fingerprint density at radius 2 is 2.03 bits per heavy atom. The summed E-state index contributed by atoms with van der Waals surface area (Å²) >= 11 is 6.83. The van der Waals surface area contributed by atoms with Gasteiger partial charge in [-0.2, -0.15) is 9.61 Å². The highest BCUT2D eigenvalue weighted by molar-refractivity contribution is 7.80. The molecule has 0 atom stereocenters. The van der Waals surface area contributed by atoms with Crippen LogP contribution >= 0.6 is 23.6 Å². The first kappa shape index (κ1) is 20.3. The van der Waals surface area contributed by atoms with E-state index in [1.165, 1.54) is 11.3 Å². The molecule has 160 valence electrons. The van der Waals surface area contributed by atoms with E-state index in [2.05, 4.69) is 25.9 Å². The molecule has 0 saturated carbocycles. The topological polar surface area (TPSA) is 97.3 Å². The molecule has 1 amide bonds. The third-order valence-electron chi connectivity index (χ3n) is 4.98. The Labute approximate surface area is 192 Å². The quantitative estimate of drug-likeness (QED) is 0.377. The molecular formula is C22H18N6O2S2. The zero-order valence-corrected chi connectivity index (χ0v) is 18.9. The summed E-state index contributed by atoms with van der Waals surface area (Å²) in [6, 6.07) is 15.1. The summed E-state index contributed by atoms with van der Waals surface area (Å²) in [6.45, 7) is 3.98. The first-order valence-electron chi connectivity index (χ1n) is 9.95. The van der Waals surface area contributed by atoms with Crippen LogP contribution in [-0.2, 0) is 6.42 Å². The smallest absolute Gasteiger partial charge is 0.293 e. The first-order valence-corrected chi connectivity index (χ1v) is 11.2. The molecule has 2 N–H and O–H groups in total. The summed E-state index contributed by atoms with van der Waals surface area (Å²) in [5, 5.41) is 20.6. The highest BCUT2D eigenvalue weighted by atomic mass is 32.1. The van der Waals surface area contributed by atoms with Crippen LogP contribution in [0, 0.1) is 6.92 Å². The first-order chi connectivity index (χ1) is 15.5. The Morgan fingerprint density at radius 3 is 2.84 bits per heavy atom. The van der Waals surface area contributed by atoms with Gasteiger partial charge in [0.05, 0.1) is 0 Å². The van der Waals surface area contributed by atoms with Crippen molar-refractivity contribution in [3.63, 3.8) is 0 Å². The van der Waals surface area contributed by atoms with Crippen molar-refractivity contribution in [1.29, 1.82) is 0 Å². The minimum absolute atomic E-state index is 0.183. The van der Waals surface area contributed by atoms with Gasteiger partial charge in [-0.1, -0.05) is 48.6 Å². The van der Waals surface area contributed by atoms with E-state index >= 15 is 0 Å². The number of fused-ring (bicyclic) bond motifs is 2. The van der Waals surface area contributed by atoms with Gasteiger partial charge in [-0.15, -0.1) is 10.2 Å². The number of anilines is 1. The number of carbonyl (C=O) groups is 1. The van der Waals surface area contributed by atoms with Crippen LogP contribution in [0.3, 0.4) is 0 Å². The van der Waals surface area contributed by atoms with Crippen molar-refractivity contribution in [1.82, 2.24) is 25.1 Å². The lowest BCUT2D eigenvalue weighted by Gasteiger charge is -2.12. The van der Waals surface area contributed by atoms with Gasteiger partial charge < -0.3 is 9.73 Å². The molecule has 5 aromatic rings. The fourth-order valence-electron chi connectivity index (χ4n) is 3.30. The minimum Gasteiger partial charge on any atom is -0.451 e. The fraction of sp³-hybridized carbons (Fsp3) is 0.136. The lowest BCUT2D eigenvalue weighted by molar-refractivity contribution is 0.0953. The largest absolute Gasteiger partial charge is 0.451 e. The van der Waals surface area contributed by atoms with Crippen molar-refractivity contribution in [2.45, 2.75) is 20.3 Å².